The van der Waals surface area contributed by atoms with Gasteiger partial charge in [0.15, 0.2) is 0 Å². The molecule has 1 N–H and O–H groups in total. The predicted octanol–water partition coefficient (Wildman–Crippen LogP) is 2.70. The van der Waals surface area contributed by atoms with Crippen molar-refractivity contribution in [2.75, 3.05) is 11.4 Å². The minimum absolute atomic E-state index is 0.107. The third-order valence-corrected chi connectivity index (χ3v) is 4.11. The monoisotopic (exact) mass is 308 g/mol. The van der Waals surface area contributed by atoms with Crippen LogP contribution in [0.5, 0.6) is 0 Å². The highest BCUT2D eigenvalue weighted by atomic mass is 16.2. The van der Waals surface area contributed by atoms with Crippen LogP contribution in [0.3, 0.4) is 0 Å². The summed E-state index contributed by atoms with van der Waals surface area (Å²) in [6.07, 6.45) is 0.555. The van der Waals surface area contributed by atoms with E-state index >= 15 is 0 Å². The molecule has 1 aliphatic rings. The molecule has 0 aliphatic carbocycles. The molecule has 1 atom stereocenters. The zero-order chi connectivity index (χ0) is 16.4. The van der Waals surface area contributed by atoms with Gasteiger partial charge >= 0.3 is 0 Å². The molecule has 0 saturated carbocycles. The Bertz CT molecular complexity index is 755. The third-order valence-electron chi connectivity index (χ3n) is 4.11. The van der Waals surface area contributed by atoms with Gasteiger partial charge < -0.3 is 5.32 Å². The van der Waals surface area contributed by atoms with Crippen LogP contribution >= 0.6 is 0 Å². The van der Waals surface area contributed by atoms with Crippen LogP contribution in [0.2, 0.25) is 0 Å². The number of likely N-dealkylation sites (N-methyl/N-ethyl adjacent to an activating group) is 1. The van der Waals surface area contributed by atoms with Crippen LogP contribution in [0, 0.1) is 6.92 Å². The lowest BCUT2D eigenvalue weighted by atomic mass is 10.1. The standard InChI is InChI=1S/C19H20N2O2/c1-3-20-18(22)17-12-14-8-4-5-10-16(14)21(17)19(23)15-9-6-7-13(2)11-15/h4-11,17H,3,12H2,1-2H3,(H,20,22). The lowest BCUT2D eigenvalue weighted by molar-refractivity contribution is -0.122. The van der Waals surface area contributed by atoms with Crippen molar-refractivity contribution in [3.8, 4) is 0 Å². The predicted molar refractivity (Wildman–Crippen MR) is 90.6 cm³/mol. The summed E-state index contributed by atoms with van der Waals surface area (Å²) in [5, 5.41) is 2.84. The summed E-state index contributed by atoms with van der Waals surface area (Å²) in [6, 6.07) is 14.7. The molecule has 0 aromatic heterocycles. The van der Waals surface area contributed by atoms with E-state index in [2.05, 4.69) is 5.32 Å². The summed E-state index contributed by atoms with van der Waals surface area (Å²) in [5.41, 5.74) is 3.49. The topological polar surface area (TPSA) is 49.4 Å². The van der Waals surface area contributed by atoms with Crippen molar-refractivity contribution in [2.45, 2.75) is 26.3 Å². The average Bonchev–Trinajstić information content (AvgIpc) is 2.94. The maximum atomic E-state index is 13.0. The van der Waals surface area contributed by atoms with Gasteiger partial charge in [0.1, 0.15) is 6.04 Å². The first kappa shape index (κ1) is 15.3. The molecule has 0 bridgehead atoms. The second-order valence-corrected chi connectivity index (χ2v) is 5.79. The molecule has 4 heteroatoms. The van der Waals surface area contributed by atoms with Crippen LogP contribution in [-0.4, -0.2) is 24.4 Å². The van der Waals surface area contributed by atoms with E-state index in [1.165, 1.54) is 0 Å². The number of carbonyl (C=O) groups is 2. The van der Waals surface area contributed by atoms with Crippen LogP contribution in [0.25, 0.3) is 0 Å². The van der Waals surface area contributed by atoms with Crippen molar-refractivity contribution in [3.63, 3.8) is 0 Å². The molecule has 1 aliphatic heterocycles. The van der Waals surface area contributed by atoms with Crippen molar-refractivity contribution in [1.29, 1.82) is 0 Å². The fourth-order valence-corrected chi connectivity index (χ4v) is 3.06. The Balaban J connectivity index is 2.01. The molecule has 1 heterocycles. The Hall–Kier alpha value is -2.62. The number of rotatable bonds is 3. The number of hydrogen-bond acceptors (Lipinski definition) is 2. The molecule has 2 aromatic carbocycles. The number of nitrogens with zero attached hydrogens (tertiary/aromatic N) is 1. The van der Waals surface area contributed by atoms with Crippen molar-refractivity contribution in [3.05, 3.63) is 65.2 Å². The van der Waals surface area contributed by atoms with Crippen LogP contribution in [0.1, 0.15) is 28.4 Å². The first-order valence-corrected chi connectivity index (χ1v) is 7.87. The van der Waals surface area contributed by atoms with Crippen molar-refractivity contribution >= 4 is 17.5 Å². The number of benzene rings is 2. The molecule has 3 rings (SSSR count). The van der Waals surface area contributed by atoms with Gasteiger partial charge in [-0.15, -0.1) is 0 Å². The largest absolute Gasteiger partial charge is 0.355 e. The molecule has 0 radical (unpaired) electrons. The highest BCUT2D eigenvalue weighted by molar-refractivity contribution is 6.11. The number of carbonyl (C=O) groups excluding carboxylic acids is 2. The normalized spacial score (nSPS) is 16.1. The molecule has 1 unspecified atom stereocenters. The summed E-state index contributed by atoms with van der Waals surface area (Å²) < 4.78 is 0. The maximum Gasteiger partial charge on any atom is 0.259 e. The van der Waals surface area contributed by atoms with Gasteiger partial charge in [-0.25, -0.2) is 0 Å². The number of anilines is 1. The fourth-order valence-electron chi connectivity index (χ4n) is 3.06. The van der Waals surface area contributed by atoms with Crippen LogP contribution in [0.15, 0.2) is 48.5 Å². The van der Waals surface area contributed by atoms with E-state index in [1.54, 1.807) is 11.0 Å². The van der Waals surface area contributed by atoms with E-state index in [1.807, 2.05) is 56.3 Å². The van der Waals surface area contributed by atoms with E-state index in [4.69, 9.17) is 0 Å². The Labute approximate surface area is 136 Å². The third kappa shape index (κ3) is 2.84. The van der Waals surface area contributed by atoms with E-state index in [0.717, 1.165) is 16.8 Å². The molecule has 2 amide bonds. The second kappa shape index (κ2) is 6.24. The Kier molecular flexibility index (Phi) is 4.15. The fraction of sp³-hybridized carbons (Fsp3) is 0.263. The van der Waals surface area contributed by atoms with Crippen molar-refractivity contribution in [2.24, 2.45) is 0 Å². The molecular weight excluding hydrogens is 288 g/mol. The minimum Gasteiger partial charge on any atom is -0.355 e. The molecule has 0 spiro atoms. The summed E-state index contributed by atoms with van der Waals surface area (Å²) in [6.45, 7) is 4.39. The van der Waals surface area contributed by atoms with E-state index in [-0.39, 0.29) is 11.8 Å². The van der Waals surface area contributed by atoms with Gasteiger partial charge in [-0.1, -0.05) is 35.9 Å². The number of para-hydroxylation sites is 1. The first-order chi connectivity index (χ1) is 11.1. The molecule has 23 heavy (non-hydrogen) atoms. The zero-order valence-corrected chi connectivity index (χ0v) is 13.4. The number of aryl methyl sites for hydroxylation is 1. The molecular formula is C19H20N2O2. The summed E-state index contributed by atoms with van der Waals surface area (Å²) in [5.74, 6) is -0.236. The van der Waals surface area contributed by atoms with Gasteiger partial charge in [-0.2, -0.15) is 0 Å². The summed E-state index contributed by atoms with van der Waals surface area (Å²) >= 11 is 0. The average molecular weight is 308 g/mol. The molecule has 118 valence electrons. The van der Waals surface area contributed by atoms with Gasteiger partial charge in [0.25, 0.3) is 5.91 Å². The van der Waals surface area contributed by atoms with Gasteiger partial charge in [-0.05, 0) is 37.6 Å². The van der Waals surface area contributed by atoms with Gasteiger partial charge in [0.2, 0.25) is 5.91 Å². The zero-order valence-electron chi connectivity index (χ0n) is 13.4. The van der Waals surface area contributed by atoms with E-state index < -0.39 is 6.04 Å². The number of amides is 2. The lowest BCUT2D eigenvalue weighted by Gasteiger charge is -2.25. The van der Waals surface area contributed by atoms with Crippen LogP contribution in [-0.2, 0) is 11.2 Å². The van der Waals surface area contributed by atoms with E-state index in [0.29, 0.717) is 18.5 Å². The van der Waals surface area contributed by atoms with Crippen LogP contribution < -0.4 is 10.2 Å². The van der Waals surface area contributed by atoms with Gasteiger partial charge in [0, 0.05) is 24.2 Å². The second-order valence-electron chi connectivity index (χ2n) is 5.79. The molecule has 0 saturated heterocycles. The van der Waals surface area contributed by atoms with Crippen LogP contribution in [0.4, 0.5) is 5.69 Å². The summed E-state index contributed by atoms with van der Waals surface area (Å²) in [4.78, 5) is 27.1. The Morgan fingerprint density at radius 1 is 1.17 bits per heavy atom. The Morgan fingerprint density at radius 2 is 1.96 bits per heavy atom. The van der Waals surface area contributed by atoms with Gasteiger partial charge in [0.05, 0.1) is 0 Å². The number of hydrogen-bond donors (Lipinski definition) is 1. The SMILES string of the molecule is CCNC(=O)C1Cc2ccccc2N1C(=O)c1cccc(C)c1. The molecule has 4 nitrogen and oxygen atoms in total. The first-order valence-electron chi connectivity index (χ1n) is 7.87. The molecule has 2 aromatic rings. The van der Waals surface area contributed by atoms with Crippen molar-refractivity contribution < 1.29 is 9.59 Å². The quantitative estimate of drug-likeness (QED) is 0.948. The highest BCUT2D eigenvalue weighted by Gasteiger charge is 2.38. The minimum atomic E-state index is -0.486. The number of fused-ring (bicyclic) bond motifs is 1. The van der Waals surface area contributed by atoms with Gasteiger partial charge in [-0.3, -0.25) is 14.5 Å². The number of nitrogens with one attached hydrogen (secondary N) is 1. The van der Waals surface area contributed by atoms with E-state index in [9.17, 15) is 9.59 Å². The highest BCUT2D eigenvalue weighted by Crippen LogP contribution is 2.33. The maximum absolute atomic E-state index is 13.0. The smallest absolute Gasteiger partial charge is 0.259 e. The summed E-state index contributed by atoms with van der Waals surface area (Å²) in [7, 11) is 0. The Morgan fingerprint density at radius 3 is 2.70 bits per heavy atom. The molecule has 0 fully saturated rings. The van der Waals surface area contributed by atoms with Crippen molar-refractivity contribution in [1.82, 2.24) is 5.32 Å². The lowest BCUT2D eigenvalue weighted by Crippen LogP contribution is -2.48.